The third-order valence-electron chi connectivity index (χ3n) is 7.88. The van der Waals surface area contributed by atoms with Crippen LogP contribution in [-0.2, 0) is 11.2 Å². The Balaban J connectivity index is 1.26. The molecule has 4 nitrogen and oxygen atoms in total. The summed E-state index contributed by atoms with van der Waals surface area (Å²) in [5.74, 6) is 0.196. The molecule has 5 rings (SSSR count). The average Bonchev–Trinajstić information content (AvgIpc) is 3.19. The molecule has 180 valence electrons. The highest BCUT2D eigenvalue weighted by atomic mass is 35.5. The molecule has 0 radical (unpaired) electrons. The summed E-state index contributed by atoms with van der Waals surface area (Å²) in [7, 11) is 0. The Bertz CT molecular complexity index is 1040. The second-order valence-corrected chi connectivity index (χ2v) is 10.9. The number of likely N-dealkylation sites (tertiary alicyclic amines) is 1. The number of hydrogen-bond acceptors (Lipinski definition) is 2. The highest BCUT2D eigenvalue weighted by Crippen LogP contribution is 2.36. The minimum atomic E-state index is -0.0451. The Hall–Kier alpha value is -2.04. The Morgan fingerprint density at radius 3 is 2.18 bits per heavy atom. The Labute approximate surface area is 212 Å². The fourth-order valence-electron chi connectivity index (χ4n) is 5.55. The first-order valence-corrected chi connectivity index (χ1v) is 13.4. The topological polar surface area (TPSA) is 49.4 Å². The molecule has 3 aliphatic rings. The molecule has 0 bridgehead atoms. The van der Waals surface area contributed by atoms with E-state index in [9.17, 15) is 9.59 Å². The number of carbonyl (C=O) groups excluding carboxylic acids is 2. The van der Waals surface area contributed by atoms with Gasteiger partial charge in [-0.2, -0.15) is 0 Å². The average molecular weight is 499 g/mol. The normalized spacial score (nSPS) is 21.5. The van der Waals surface area contributed by atoms with Gasteiger partial charge in [0.05, 0.1) is 0 Å². The van der Waals surface area contributed by atoms with Crippen molar-refractivity contribution in [1.82, 2.24) is 10.2 Å². The van der Waals surface area contributed by atoms with Gasteiger partial charge >= 0.3 is 0 Å². The summed E-state index contributed by atoms with van der Waals surface area (Å²) >= 11 is 13.4. The van der Waals surface area contributed by atoms with Gasteiger partial charge in [-0.25, -0.2) is 0 Å². The molecule has 2 amide bonds. The molecule has 1 saturated heterocycles. The molecule has 1 aliphatic heterocycles. The lowest BCUT2D eigenvalue weighted by atomic mass is 9.92. The van der Waals surface area contributed by atoms with Gasteiger partial charge in [-0.05, 0) is 85.9 Å². The van der Waals surface area contributed by atoms with Gasteiger partial charge in [0.25, 0.3) is 5.91 Å². The fourth-order valence-corrected chi connectivity index (χ4v) is 6.20. The van der Waals surface area contributed by atoms with E-state index < -0.39 is 0 Å². The van der Waals surface area contributed by atoms with Crippen LogP contribution in [0.15, 0.2) is 36.4 Å². The molecule has 1 heterocycles. The lowest BCUT2D eigenvalue weighted by Crippen LogP contribution is -2.39. The lowest BCUT2D eigenvalue weighted by molar-refractivity contribution is -0.133. The SMILES string of the molecule is O=C(NC1CCC1)c1ccc(-c2cc(Cl)c(CC3CCN(C4CCCCC4)C3=O)c(Cl)c2)cc1. The van der Waals surface area contributed by atoms with Crippen LogP contribution < -0.4 is 5.32 Å². The van der Waals surface area contributed by atoms with Gasteiger partial charge in [0.1, 0.15) is 0 Å². The van der Waals surface area contributed by atoms with Crippen LogP contribution in [0.2, 0.25) is 10.0 Å². The van der Waals surface area contributed by atoms with Crippen molar-refractivity contribution in [3.05, 3.63) is 57.6 Å². The van der Waals surface area contributed by atoms with Crippen molar-refractivity contribution >= 4 is 35.0 Å². The van der Waals surface area contributed by atoms with E-state index in [1.807, 2.05) is 36.4 Å². The molecule has 2 aromatic rings. The van der Waals surface area contributed by atoms with Crippen LogP contribution in [0.5, 0.6) is 0 Å². The highest BCUT2D eigenvalue weighted by molar-refractivity contribution is 6.36. The molecule has 0 aromatic heterocycles. The highest BCUT2D eigenvalue weighted by Gasteiger charge is 2.36. The maximum absolute atomic E-state index is 13.1. The minimum Gasteiger partial charge on any atom is -0.349 e. The van der Waals surface area contributed by atoms with E-state index in [1.54, 1.807) is 0 Å². The van der Waals surface area contributed by atoms with E-state index in [0.29, 0.717) is 34.1 Å². The van der Waals surface area contributed by atoms with Gasteiger partial charge in [0, 0.05) is 40.2 Å². The lowest BCUT2D eigenvalue weighted by Gasteiger charge is -2.31. The van der Waals surface area contributed by atoms with Gasteiger partial charge in [-0.1, -0.05) is 54.6 Å². The van der Waals surface area contributed by atoms with Gasteiger partial charge in [0.15, 0.2) is 0 Å². The van der Waals surface area contributed by atoms with Crippen molar-refractivity contribution in [3.8, 4) is 11.1 Å². The van der Waals surface area contributed by atoms with Crippen LogP contribution in [0.1, 0.15) is 73.7 Å². The number of carbonyl (C=O) groups is 2. The van der Waals surface area contributed by atoms with Crippen LogP contribution in [0.25, 0.3) is 11.1 Å². The molecule has 1 N–H and O–H groups in total. The number of amides is 2. The summed E-state index contributed by atoms with van der Waals surface area (Å²) in [4.78, 5) is 27.6. The van der Waals surface area contributed by atoms with Crippen molar-refractivity contribution in [1.29, 1.82) is 0 Å². The molecule has 2 aliphatic carbocycles. The van der Waals surface area contributed by atoms with Crippen LogP contribution in [0.4, 0.5) is 0 Å². The monoisotopic (exact) mass is 498 g/mol. The summed E-state index contributed by atoms with van der Waals surface area (Å²) in [6.45, 7) is 0.849. The number of hydrogen-bond donors (Lipinski definition) is 1. The summed E-state index contributed by atoms with van der Waals surface area (Å²) in [5, 5.41) is 4.26. The molecule has 0 spiro atoms. The zero-order chi connectivity index (χ0) is 23.7. The maximum Gasteiger partial charge on any atom is 0.251 e. The van der Waals surface area contributed by atoms with Gasteiger partial charge in [-0.3, -0.25) is 9.59 Å². The molecule has 34 heavy (non-hydrogen) atoms. The summed E-state index contributed by atoms with van der Waals surface area (Å²) in [6, 6.07) is 12.1. The summed E-state index contributed by atoms with van der Waals surface area (Å²) in [6.07, 6.45) is 10.8. The third kappa shape index (κ3) is 4.99. The van der Waals surface area contributed by atoms with Gasteiger partial charge in [-0.15, -0.1) is 0 Å². The zero-order valence-corrected chi connectivity index (χ0v) is 21.0. The minimum absolute atomic E-state index is 0.0221. The second kappa shape index (κ2) is 10.3. The van der Waals surface area contributed by atoms with Crippen molar-refractivity contribution in [2.75, 3.05) is 6.54 Å². The third-order valence-corrected chi connectivity index (χ3v) is 8.55. The van der Waals surface area contributed by atoms with Crippen LogP contribution >= 0.6 is 23.2 Å². The summed E-state index contributed by atoms with van der Waals surface area (Å²) in [5.41, 5.74) is 3.38. The number of nitrogens with zero attached hydrogens (tertiary/aromatic N) is 1. The number of benzene rings is 2. The standard InChI is InChI=1S/C28H32Cl2N2O2/c29-25-16-21(18-9-11-19(12-10-18)27(33)31-22-5-4-6-22)17-26(30)24(25)15-20-13-14-32(28(20)34)23-7-2-1-3-8-23/h9-12,16-17,20,22-23H,1-8,13-15H2,(H,31,33). The first-order chi connectivity index (χ1) is 16.5. The predicted octanol–water partition coefficient (Wildman–Crippen LogP) is 6.67. The fraction of sp³-hybridized carbons (Fsp3) is 0.500. The van der Waals surface area contributed by atoms with Crippen molar-refractivity contribution in [3.63, 3.8) is 0 Å². The molecule has 3 fully saturated rings. The number of nitrogens with one attached hydrogen (secondary N) is 1. The van der Waals surface area contributed by atoms with Crippen LogP contribution in [-0.4, -0.2) is 35.3 Å². The zero-order valence-electron chi connectivity index (χ0n) is 19.5. The first kappa shape index (κ1) is 23.7. The van der Waals surface area contributed by atoms with E-state index in [1.165, 1.54) is 25.7 Å². The van der Waals surface area contributed by atoms with E-state index >= 15 is 0 Å². The molecule has 1 unspecified atom stereocenters. The van der Waals surface area contributed by atoms with E-state index in [4.69, 9.17) is 23.2 Å². The Morgan fingerprint density at radius 1 is 0.882 bits per heavy atom. The van der Waals surface area contributed by atoms with Crippen LogP contribution in [0, 0.1) is 5.92 Å². The van der Waals surface area contributed by atoms with Crippen molar-refractivity contribution in [2.24, 2.45) is 5.92 Å². The quantitative estimate of drug-likeness (QED) is 0.483. The molecular formula is C28H32Cl2N2O2. The molecule has 2 saturated carbocycles. The Morgan fingerprint density at radius 2 is 1.56 bits per heavy atom. The maximum atomic E-state index is 13.1. The molecule has 6 heteroatoms. The van der Waals surface area contributed by atoms with E-state index in [-0.39, 0.29) is 17.7 Å². The van der Waals surface area contributed by atoms with Crippen molar-refractivity contribution < 1.29 is 9.59 Å². The largest absolute Gasteiger partial charge is 0.349 e. The number of rotatable bonds is 6. The smallest absolute Gasteiger partial charge is 0.251 e. The number of halogens is 2. The van der Waals surface area contributed by atoms with Gasteiger partial charge in [0.2, 0.25) is 5.91 Å². The summed E-state index contributed by atoms with van der Waals surface area (Å²) < 4.78 is 0. The molecule has 1 atom stereocenters. The van der Waals surface area contributed by atoms with E-state index in [2.05, 4.69) is 10.2 Å². The first-order valence-electron chi connectivity index (χ1n) is 12.7. The van der Waals surface area contributed by atoms with Crippen molar-refractivity contribution in [2.45, 2.75) is 76.3 Å². The van der Waals surface area contributed by atoms with Gasteiger partial charge < -0.3 is 10.2 Å². The predicted molar refractivity (Wildman–Crippen MR) is 137 cm³/mol. The van der Waals surface area contributed by atoms with E-state index in [0.717, 1.165) is 55.3 Å². The second-order valence-electron chi connectivity index (χ2n) is 10.1. The Kier molecular flexibility index (Phi) is 7.17. The van der Waals surface area contributed by atoms with Crippen LogP contribution in [0.3, 0.4) is 0 Å². The molecular weight excluding hydrogens is 467 g/mol. The molecule has 2 aromatic carbocycles.